The number of carbonyl (C=O) groups is 1. The smallest absolute Gasteiger partial charge is 0.318 e. The largest absolute Gasteiger partial charge is 0.345 e. The lowest BCUT2D eigenvalue weighted by molar-refractivity contribution is -0.113. The molecule has 1 amide bonds. The minimum atomic E-state index is -4.01. The van der Waals surface area contributed by atoms with Crippen molar-refractivity contribution in [2.75, 3.05) is 12.4 Å². The Morgan fingerprint density at radius 3 is 2.70 bits per heavy atom. The standard InChI is InChI=1S/C19H16FN5O3S2/c1-24-17(9-16(23-30(24,27)28)18-3-2-8-29-18)19(26)22-15-10-21-25(12-15)11-13-4-6-14(20)7-5-13/h2-10,12H,11H2,1H3,(H,22,26). The van der Waals surface area contributed by atoms with Crippen LogP contribution in [0.3, 0.4) is 0 Å². The van der Waals surface area contributed by atoms with Crippen molar-refractivity contribution < 1.29 is 17.6 Å². The molecule has 1 aliphatic heterocycles. The van der Waals surface area contributed by atoms with Gasteiger partial charge in [-0.2, -0.15) is 13.5 Å². The number of hydrogen-bond donors (Lipinski definition) is 1. The number of allylic oxidation sites excluding steroid dienone is 1. The maximum atomic E-state index is 13.0. The van der Waals surface area contributed by atoms with Crippen LogP contribution in [-0.2, 0) is 21.5 Å². The van der Waals surface area contributed by atoms with Crippen molar-refractivity contribution in [1.82, 2.24) is 14.1 Å². The summed E-state index contributed by atoms with van der Waals surface area (Å²) < 4.78 is 43.9. The predicted octanol–water partition coefficient (Wildman–Crippen LogP) is 2.63. The average molecular weight is 446 g/mol. The monoisotopic (exact) mass is 445 g/mol. The number of nitrogens with one attached hydrogen (secondary N) is 1. The number of amides is 1. The van der Waals surface area contributed by atoms with Crippen molar-refractivity contribution >= 4 is 38.9 Å². The number of halogens is 1. The number of nitrogens with zero attached hydrogens (tertiary/aromatic N) is 4. The molecular formula is C19H16FN5O3S2. The van der Waals surface area contributed by atoms with Crippen LogP contribution >= 0.6 is 11.3 Å². The number of hydrogen-bond acceptors (Lipinski definition) is 5. The summed E-state index contributed by atoms with van der Waals surface area (Å²) in [6, 6.07) is 9.52. The van der Waals surface area contributed by atoms with Gasteiger partial charge in [0.15, 0.2) is 0 Å². The van der Waals surface area contributed by atoms with Crippen LogP contribution in [0.2, 0.25) is 0 Å². The Bertz CT molecular complexity index is 1250. The SMILES string of the molecule is CN1C(C(=O)Nc2cnn(Cc3ccc(F)cc3)c2)=CC(c2cccs2)=NS1(=O)=O. The molecule has 1 aromatic carbocycles. The van der Waals surface area contributed by atoms with E-state index in [1.54, 1.807) is 40.5 Å². The maximum absolute atomic E-state index is 13.0. The summed E-state index contributed by atoms with van der Waals surface area (Å²) in [4.78, 5) is 13.4. The normalized spacial score (nSPS) is 15.5. The minimum absolute atomic E-state index is 0.0558. The van der Waals surface area contributed by atoms with Gasteiger partial charge in [0.25, 0.3) is 5.91 Å². The van der Waals surface area contributed by atoms with Gasteiger partial charge in [-0.25, -0.2) is 8.70 Å². The molecular weight excluding hydrogens is 429 g/mol. The van der Waals surface area contributed by atoms with Crippen molar-refractivity contribution in [3.63, 3.8) is 0 Å². The third-order valence-electron chi connectivity index (χ3n) is 4.33. The summed E-state index contributed by atoms with van der Waals surface area (Å²) in [5.41, 5.74) is 1.39. The Balaban J connectivity index is 1.52. The van der Waals surface area contributed by atoms with Gasteiger partial charge < -0.3 is 5.32 Å². The van der Waals surface area contributed by atoms with Gasteiger partial charge in [-0.05, 0) is 35.2 Å². The van der Waals surface area contributed by atoms with Gasteiger partial charge in [0.05, 0.1) is 29.0 Å². The number of anilines is 1. The third-order valence-corrected chi connectivity index (χ3v) is 6.54. The van der Waals surface area contributed by atoms with Crippen LogP contribution in [0.25, 0.3) is 0 Å². The summed E-state index contributed by atoms with van der Waals surface area (Å²) in [5.74, 6) is -0.927. The number of aromatic nitrogens is 2. The zero-order valence-corrected chi connectivity index (χ0v) is 17.3. The Labute approximate surface area is 176 Å². The fourth-order valence-electron chi connectivity index (χ4n) is 2.79. The molecule has 0 radical (unpaired) electrons. The average Bonchev–Trinajstić information content (AvgIpc) is 3.38. The molecule has 11 heteroatoms. The molecule has 3 heterocycles. The Hall–Kier alpha value is -3.31. The zero-order chi connectivity index (χ0) is 21.3. The van der Waals surface area contributed by atoms with Gasteiger partial charge in [0, 0.05) is 13.2 Å². The summed E-state index contributed by atoms with van der Waals surface area (Å²) in [7, 11) is -2.74. The second kappa shape index (κ2) is 7.84. The Morgan fingerprint density at radius 1 is 1.23 bits per heavy atom. The van der Waals surface area contributed by atoms with E-state index in [4.69, 9.17) is 0 Å². The highest BCUT2D eigenvalue weighted by molar-refractivity contribution is 7.88. The molecule has 2 aromatic heterocycles. The first-order valence-electron chi connectivity index (χ1n) is 8.74. The van der Waals surface area contributed by atoms with Gasteiger partial charge in [0.2, 0.25) is 0 Å². The zero-order valence-electron chi connectivity index (χ0n) is 15.7. The first-order valence-corrected chi connectivity index (χ1v) is 11.0. The lowest BCUT2D eigenvalue weighted by Gasteiger charge is -2.23. The van der Waals surface area contributed by atoms with E-state index in [0.717, 1.165) is 9.87 Å². The predicted molar refractivity (Wildman–Crippen MR) is 112 cm³/mol. The van der Waals surface area contributed by atoms with Crippen LogP contribution in [0.15, 0.2) is 70.3 Å². The summed E-state index contributed by atoms with van der Waals surface area (Å²) in [6.07, 6.45) is 4.49. The van der Waals surface area contributed by atoms with Gasteiger partial charge in [0.1, 0.15) is 11.5 Å². The molecule has 0 atom stereocenters. The summed E-state index contributed by atoms with van der Waals surface area (Å²) >= 11 is 1.33. The second-order valence-electron chi connectivity index (χ2n) is 6.44. The molecule has 1 N–H and O–H groups in total. The van der Waals surface area contributed by atoms with Crippen molar-refractivity contribution in [3.8, 4) is 0 Å². The molecule has 0 saturated carbocycles. The topological polar surface area (TPSA) is 96.7 Å². The van der Waals surface area contributed by atoms with Gasteiger partial charge in [-0.3, -0.25) is 9.48 Å². The lowest BCUT2D eigenvalue weighted by atomic mass is 10.2. The molecule has 0 spiro atoms. The van der Waals surface area contributed by atoms with Crippen molar-refractivity contribution in [2.24, 2.45) is 4.40 Å². The molecule has 0 fully saturated rings. The molecule has 154 valence electrons. The van der Waals surface area contributed by atoms with Crippen LogP contribution in [0.5, 0.6) is 0 Å². The molecule has 4 rings (SSSR count). The highest BCUT2D eigenvalue weighted by atomic mass is 32.2. The quantitative estimate of drug-likeness (QED) is 0.653. The first kappa shape index (κ1) is 20.0. The van der Waals surface area contributed by atoms with Crippen molar-refractivity contribution in [2.45, 2.75) is 6.54 Å². The van der Waals surface area contributed by atoms with E-state index in [0.29, 0.717) is 17.1 Å². The molecule has 0 bridgehead atoms. The highest BCUT2D eigenvalue weighted by Crippen LogP contribution is 2.23. The van der Waals surface area contributed by atoms with E-state index in [9.17, 15) is 17.6 Å². The van der Waals surface area contributed by atoms with Crippen LogP contribution in [0, 0.1) is 5.82 Å². The fourth-order valence-corrected chi connectivity index (χ4v) is 4.44. The van der Waals surface area contributed by atoms with E-state index in [1.807, 2.05) is 0 Å². The molecule has 1 aliphatic rings. The Morgan fingerprint density at radius 2 is 2.00 bits per heavy atom. The molecule has 0 saturated heterocycles. The van der Waals surface area contributed by atoms with Crippen molar-refractivity contribution in [1.29, 1.82) is 0 Å². The van der Waals surface area contributed by atoms with E-state index in [1.165, 1.54) is 42.8 Å². The maximum Gasteiger partial charge on any atom is 0.345 e. The number of likely N-dealkylation sites (N-methyl/N-ethyl adjacent to an activating group) is 1. The van der Waals surface area contributed by atoms with Gasteiger partial charge in [-0.1, -0.05) is 18.2 Å². The molecule has 0 aliphatic carbocycles. The highest BCUT2D eigenvalue weighted by Gasteiger charge is 2.30. The molecule has 0 unspecified atom stereocenters. The molecule has 8 nitrogen and oxygen atoms in total. The minimum Gasteiger partial charge on any atom is -0.318 e. The van der Waals surface area contributed by atoms with Crippen LogP contribution in [0.4, 0.5) is 10.1 Å². The molecule has 30 heavy (non-hydrogen) atoms. The number of thiophene rings is 1. The van der Waals surface area contributed by atoms with Crippen LogP contribution < -0.4 is 5.32 Å². The summed E-state index contributed by atoms with van der Waals surface area (Å²) in [5, 5.41) is 8.62. The second-order valence-corrected chi connectivity index (χ2v) is 9.01. The van der Waals surface area contributed by atoms with Gasteiger partial charge in [-0.15, -0.1) is 15.7 Å². The van der Waals surface area contributed by atoms with E-state index >= 15 is 0 Å². The Kier molecular flexibility index (Phi) is 5.22. The lowest BCUT2D eigenvalue weighted by Crippen LogP contribution is -2.35. The molecule has 3 aromatic rings. The fraction of sp³-hybridized carbons (Fsp3) is 0.105. The van der Waals surface area contributed by atoms with E-state index in [2.05, 4.69) is 14.8 Å². The number of carbonyl (C=O) groups excluding carboxylic acids is 1. The third kappa shape index (κ3) is 4.16. The van der Waals surface area contributed by atoms with E-state index in [-0.39, 0.29) is 17.2 Å². The number of benzene rings is 1. The van der Waals surface area contributed by atoms with Crippen molar-refractivity contribution in [3.05, 3.63) is 82.2 Å². The van der Waals surface area contributed by atoms with Crippen LogP contribution in [-0.4, -0.2) is 41.2 Å². The first-order chi connectivity index (χ1) is 14.3. The van der Waals surface area contributed by atoms with Gasteiger partial charge >= 0.3 is 10.2 Å². The summed E-state index contributed by atoms with van der Waals surface area (Å²) in [6.45, 7) is 0.391. The van der Waals surface area contributed by atoms with E-state index < -0.39 is 16.1 Å². The van der Waals surface area contributed by atoms with Crippen LogP contribution in [0.1, 0.15) is 10.4 Å². The number of rotatable bonds is 5.